The highest BCUT2D eigenvalue weighted by Crippen LogP contribution is 2.30. The van der Waals surface area contributed by atoms with Crippen LogP contribution in [0.25, 0.3) is 0 Å². The number of hydrogen-bond acceptors (Lipinski definition) is 1. The maximum atomic E-state index is 13.9. The molecule has 0 aromatic heterocycles. The van der Waals surface area contributed by atoms with Gasteiger partial charge in [0.1, 0.15) is 11.6 Å². The first-order valence-electron chi connectivity index (χ1n) is 6.13. The zero-order valence-corrected chi connectivity index (χ0v) is 12.9. The van der Waals surface area contributed by atoms with Crippen LogP contribution in [0.4, 0.5) is 8.78 Å². The summed E-state index contributed by atoms with van der Waals surface area (Å²) in [6.07, 6.45) is 1.28. The Labute approximate surface area is 116 Å². The van der Waals surface area contributed by atoms with Crippen molar-refractivity contribution in [3.8, 4) is 0 Å². The number of nitrogens with one attached hydrogen (secondary N) is 1. The molecule has 1 N–H and O–H groups in total. The van der Waals surface area contributed by atoms with Gasteiger partial charge in [0.05, 0.1) is 4.47 Å². The van der Waals surface area contributed by atoms with Crippen molar-refractivity contribution in [1.29, 1.82) is 0 Å². The summed E-state index contributed by atoms with van der Waals surface area (Å²) in [5.74, 6) is -0.981. The van der Waals surface area contributed by atoms with Gasteiger partial charge in [-0.3, -0.25) is 0 Å². The first kappa shape index (κ1) is 15.6. The van der Waals surface area contributed by atoms with E-state index in [4.69, 9.17) is 0 Å². The molecule has 0 amide bonds. The van der Waals surface area contributed by atoms with Crippen LogP contribution < -0.4 is 5.32 Å². The van der Waals surface area contributed by atoms with Crippen LogP contribution >= 0.6 is 15.9 Å². The summed E-state index contributed by atoms with van der Waals surface area (Å²) in [5, 5.41) is 3.17. The topological polar surface area (TPSA) is 12.0 Å². The third-order valence-corrected chi connectivity index (χ3v) is 4.36. The third-order valence-electron chi connectivity index (χ3n) is 3.75. The minimum Gasteiger partial charge on any atom is -0.316 e. The van der Waals surface area contributed by atoms with E-state index in [1.165, 1.54) is 12.1 Å². The molecule has 1 aromatic rings. The summed E-state index contributed by atoms with van der Waals surface area (Å²) in [7, 11) is 1.83. The Morgan fingerprint density at radius 2 is 1.94 bits per heavy atom. The first-order chi connectivity index (χ1) is 8.33. The molecule has 0 radical (unpaired) electrons. The van der Waals surface area contributed by atoms with Crippen LogP contribution in [0.15, 0.2) is 16.6 Å². The zero-order chi connectivity index (χ0) is 13.9. The van der Waals surface area contributed by atoms with Crippen LogP contribution in [0.5, 0.6) is 0 Å². The molecular formula is C14H20BrF2N. The van der Waals surface area contributed by atoms with Crippen molar-refractivity contribution in [3.63, 3.8) is 0 Å². The van der Waals surface area contributed by atoms with Gasteiger partial charge in [-0.15, -0.1) is 0 Å². The fraction of sp³-hybridized carbons (Fsp3) is 0.571. The molecule has 1 nitrogen and oxygen atoms in total. The molecule has 0 saturated carbocycles. The predicted molar refractivity (Wildman–Crippen MR) is 74.7 cm³/mol. The first-order valence-corrected chi connectivity index (χ1v) is 6.92. The second kappa shape index (κ2) is 6.11. The van der Waals surface area contributed by atoms with E-state index in [9.17, 15) is 8.78 Å². The standard InChI is InChI=1S/C14H20BrF2N/c1-5-14(2,3)12(18-4)8-9-11(16)7-6-10(15)13(9)17/h6-7,12,18H,5,8H2,1-4H3. The molecule has 0 spiro atoms. The van der Waals surface area contributed by atoms with E-state index in [1.54, 1.807) is 0 Å². The normalized spacial score (nSPS) is 13.7. The van der Waals surface area contributed by atoms with Crippen LogP contribution in [-0.4, -0.2) is 13.1 Å². The maximum absolute atomic E-state index is 13.9. The van der Waals surface area contributed by atoms with Gasteiger partial charge in [-0.25, -0.2) is 8.78 Å². The second-order valence-electron chi connectivity index (χ2n) is 5.21. The lowest BCUT2D eigenvalue weighted by atomic mass is 9.79. The summed E-state index contributed by atoms with van der Waals surface area (Å²) in [6.45, 7) is 6.28. The van der Waals surface area contributed by atoms with E-state index in [0.717, 1.165) is 6.42 Å². The molecule has 4 heteroatoms. The average Bonchev–Trinajstić information content (AvgIpc) is 2.34. The summed E-state index contributed by atoms with van der Waals surface area (Å²) in [5.41, 5.74) is 0.126. The van der Waals surface area contributed by atoms with E-state index in [1.807, 2.05) is 7.05 Å². The van der Waals surface area contributed by atoms with Crippen molar-refractivity contribution in [2.24, 2.45) is 5.41 Å². The summed E-state index contributed by atoms with van der Waals surface area (Å²) < 4.78 is 28.0. The zero-order valence-electron chi connectivity index (χ0n) is 11.3. The van der Waals surface area contributed by atoms with Gasteiger partial charge in [0.25, 0.3) is 0 Å². The van der Waals surface area contributed by atoms with Gasteiger partial charge in [-0.1, -0.05) is 20.8 Å². The fourth-order valence-electron chi connectivity index (χ4n) is 1.98. The molecule has 18 heavy (non-hydrogen) atoms. The van der Waals surface area contributed by atoms with Gasteiger partial charge >= 0.3 is 0 Å². The molecule has 0 bridgehead atoms. The molecule has 102 valence electrons. The van der Waals surface area contributed by atoms with E-state index in [0.29, 0.717) is 10.9 Å². The van der Waals surface area contributed by atoms with Gasteiger partial charge in [-0.2, -0.15) is 0 Å². The quantitative estimate of drug-likeness (QED) is 0.798. The monoisotopic (exact) mass is 319 g/mol. The molecule has 1 aromatic carbocycles. The lowest BCUT2D eigenvalue weighted by Gasteiger charge is -2.33. The SMILES string of the molecule is CCC(C)(C)C(Cc1c(F)ccc(Br)c1F)NC. The highest BCUT2D eigenvalue weighted by atomic mass is 79.9. The molecule has 1 atom stereocenters. The Balaban J connectivity index is 3.06. The largest absolute Gasteiger partial charge is 0.316 e. The van der Waals surface area contributed by atoms with Gasteiger partial charge in [0, 0.05) is 11.6 Å². The number of benzene rings is 1. The Kier molecular flexibility index (Phi) is 5.29. The van der Waals surface area contributed by atoms with Crippen LogP contribution in [0.3, 0.4) is 0 Å². The maximum Gasteiger partial charge on any atom is 0.143 e. The van der Waals surface area contributed by atoms with Gasteiger partial charge in [0.15, 0.2) is 0 Å². The van der Waals surface area contributed by atoms with E-state index in [-0.39, 0.29) is 17.0 Å². The number of hydrogen-bond donors (Lipinski definition) is 1. The Hall–Kier alpha value is -0.480. The Morgan fingerprint density at radius 3 is 2.44 bits per heavy atom. The van der Waals surface area contributed by atoms with E-state index < -0.39 is 11.6 Å². The van der Waals surface area contributed by atoms with Crippen molar-refractivity contribution in [2.75, 3.05) is 7.05 Å². The summed E-state index contributed by atoms with van der Waals surface area (Å²) in [4.78, 5) is 0. The molecule has 0 aliphatic heterocycles. The van der Waals surface area contributed by atoms with Crippen LogP contribution in [0.1, 0.15) is 32.8 Å². The molecule has 0 aliphatic rings. The van der Waals surface area contributed by atoms with Crippen molar-refractivity contribution in [3.05, 3.63) is 33.8 Å². The van der Waals surface area contributed by atoms with E-state index >= 15 is 0 Å². The molecule has 0 aliphatic carbocycles. The Morgan fingerprint density at radius 1 is 1.33 bits per heavy atom. The van der Waals surface area contributed by atoms with Gasteiger partial charge < -0.3 is 5.32 Å². The molecule has 0 fully saturated rings. The van der Waals surface area contributed by atoms with Crippen molar-refractivity contribution in [1.82, 2.24) is 5.32 Å². The second-order valence-corrected chi connectivity index (χ2v) is 6.06. The number of rotatable bonds is 5. The lowest BCUT2D eigenvalue weighted by molar-refractivity contribution is 0.237. The minimum absolute atomic E-state index is 0.0179. The highest BCUT2D eigenvalue weighted by molar-refractivity contribution is 9.10. The molecule has 1 rings (SSSR count). The number of halogens is 3. The van der Waals surface area contributed by atoms with Crippen molar-refractivity contribution >= 4 is 15.9 Å². The molecular weight excluding hydrogens is 300 g/mol. The van der Waals surface area contributed by atoms with Crippen molar-refractivity contribution < 1.29 is 8.78 Å². The smallest absolute Gasteiger partial charge is 0.143 e. The number of likely N-dealkylation sites (N-methyl/N-ethyl adjacent to an activating group) is 1. The average molecular weight is 320 g/mol. The lowest BCUT2D eigenvalue weighted by Crippen LogP contribution is -2.41. The fourth-order valence-corrected chi connectivity index (χ4v) is 2.35. The summed E-state index contributed by atoms with van der Waals surface area (Å²) in [6, 6.07) is 2.72. The Bertz CT molecular complexity index is 419. The van der Waals surface area contributed by atoms with E-state index in [2.05, 4.69) is 42.0 Å². The van der Waals surface area contributed by atoms with Gasteiger partial charge in [-0.05, 0) is 53.4 Å². The van der Waals surface area contributed by atoms with Crippen LogP contribution in [0.2, 0.25) is 0 Å². The molecule has 0 heterocycles. The summed E-state index contributed by atoms with van der Waals surface area (Å²) >= 11 is 3.10. The van der Waals surface area contributed by atoms with Crippen molar-refractivity contribution in [2.45, 2.75) is 39.7 Å². The highest BCUT2D eigenvalue weighted by Gasteiger charge is 2.28. The molecule has 0 saturated heterocycles. The minimum atomic E-state index is -0.498. The van der Waals surface area contributed by atoms with Crippen LogP contribution in [-0.2, 0) is 6.42 Å². The predicted octanol–water partition coefficient (Wildman–Crippen LogP) is 4.29. The third kappa shape index (κ3) is 3.29. The molecule has 1 unspecified atom stereocenters. The van der Waals surface area contributed by atoms with Gasteiger partial charge in [0.2, 0.25) is 0 Å². The van der Waals surface area contributed by atoms with Crippen LogP contribution in [0, 0.1) is 17.0 Å².